The number of fused-ring (bicyclic) bond motifs is 2. The SMILES string of the molecule is COCCNC(=O)Nc1cc2c(c(-c3cc4ccccc4s3)c1)CN=C2. The lowest BCUT2D eigenvalue weighted by atomic mass is 10.0. The highest BCUT2D eigenvalue weighted by Crippen LogP contribution is 2.38. The van der Waals surface area contributed by atoms with Gasteiger partial charge in [-0.1, -0.05) is 18.2 Å². The molecule has 0 fully saturated rings. The van der Waals surface area contributed by atoms with Crippen LogP contribution in [0.5, 0.6) is 0 Å². The Bertz CT molecular complexity index is 961. The molecule has 0 saturated heterocycles. The van der Waals surface area contributed by atoms with Gasteiger partial charge in [-0.25, -0.2) is 4.79 Å². The molecule has 0 saturated carbocycles. The van der Waals surface area contributed by atoms with Crippen molar-refractivity contribution in [1.29, 1.82) is 0 Å². The summed E-state index contributed by atoms with van der Waals surface area (Å²) in [7, 11) is 1.61. The van der Waals surface area contributed by atoms with Crippen LogP contribution in [0.2, 0.25) is 0 Å². The molecule has 1 aliphatic rings. The lowest BCUT2D eigenvalue weighted by molar-refractivity contribution is 0.198. The average molecular weight is 365 g/mol. The van der Waals surface area contributed by atoms with Gasteiger partial charge in [-0.2, -0.15) is 0 Å². The van der Waals surface area contributed by atoms with Crippen LogP contribution in [0.25, 0.3) is 20.5 Å². The molecule has 0 atom stereocenters. The molecule has 0 aliphatic carbocycles. The third-order valence-electron chi connectivity index (χ3n) is 4.30. The number of hydrogen-bond acceptors (Lipinski definition) is 4. The van der Waals surface area contributed by atoms with Crippen LogP contribution in [0, 0.1) is 0 Å². The van der Waals surface area contributed by atoms with Gasteiger partial charge in [-0.15, -0.1) is 11.3 Å². The zero-order valence-electron chi connectivity index (χ0n) is 14.4. The van der Waals surface area contributed by atoms with Crippen LogP contribution >= 0.6 is 11.3 Å². The molecule has 6 heteroatoms. The predicted octanol–water partition coefficient (Wildman–Crippen LogP) is 4.27. The number of methoxy groups -OCH3 is 1. The van der Waals surface area contributed by atoms with Crippen LogP contribution in [0.15, 0.2) is 47.5 Å². The van der Waals surface area contributed by atoms with Gasteiger partial charge in [0.2, 0.25) is 0 Å². The molecule has 3 aromatic rings. The fourth-order valence-electron chi connectivity index (χ4n) is 3.07. The highest BCUT2D eigenvalue weighted by Gasteiger charge is 2.17. The molecular formula is C20H19N3O2S. The summed E-state index contributed by atoms with van der Waals surface area (Å²) >= 11 is 1.76. The number of carbonyl (C=O) groups excluding carboxylic acids is 1. The molecule has 2 amide bonds. The summed E-state index contributed by atoms with van der Waals surface area (Å²) in [6.45, 7) is 1.63. The van der Waals surface area contributed by atoms with E-state index in [1.54, 1.807) is 18.4 Å². The van der Waals surface area contributed by atoms with E-state index in [1.807, 2.05) is 18.3 Å². The quantitative estimate of drug-likeness (QED) is 0.663. The van der Waals surface area contributed by atoms with Gasteiger partial charge < -0.3 is 15.4 Å². The monoisotopic (exact) mass is 365 g/mol. The van der Waals surface area contributed by atoms with Crippen LogP contribution in [0.1, 0.15) is 11.1 Å². The topological polar surface area (TPSA) is 62.7 Å². The second-order valence-corrected chi connectivity index (χ2v) is 7.17. The number of thiophene rings is 1. The van der Waals surface area contributed by atoms with Gasteiger partial charge in [0, 0.05) is 40.7 Å². The Hall–Kier alpha value is -2.70. The minimum atomic E-state index is -0.237. The molecule has 2 heterocycles. The Labute approximate surface area is 155 Å². The predicted molar refractivity (Wildman–Crippen MR) is 107 cm³/mol. The van der Waals surface area contributed by atoms with Crippen molar-refractivity contribution in [2.24, 2.45) is 4.99 Å². The maximum absolute atomic E-state index is 12.1. The fraction of sp³-hybridized carbons (Fsp3) is 0.200. The Morgan fingerprint density at radius 1 is 1.27 bits per heavy atom. The molecule has 1 aliphatic heterocycles. The highest BCUT2D eigenvalue weighted by molar-refractivity contribution is 7.22. The van der Waals surface area contributed by atoms with Gasteiger partial charge in [-0.3, -0.25) is 4.99 Å². The van der Waals surface area contributed by atoms with Gasteiger partial charge in [0.15, 0.2) is 0 Å². The van der Waals surface area contributed by atoms with Crippen LogP contribution < -0.4 is 10.6 Å². The van der Waals surface area contributed by atoms with Gasteiger partial charge in [0.05, 0.1) is 13.2 Å². The first-order valence-electron chi connectivity index (χ1n) is 8.44. The maximum Gasteiger partial charge on any atom is 0.319 e. The van der Waals surface area contributed by atoms with Crippen LogP contribution in [0.4, 0.5) is 10.5 Å². The fourth-order valence-corrected chi connectivity index (χ4v) is 4.18. The second kappa shape index (κ2) is 7.27. The Morgan fingerprint density at radius 2 is 2.15 bits per heavy atom. The van der Waals surface area contributed by atoms with Crippen LogP contribution in [0.3, 0.4) is 0 Å². The third kappa shape index (κ3) is 3.34. The molecule has 0 radical (unpaired) electrons. The summed E-state index contributed by atoms with van der Waals surface area (Å²) in [6, 6.07) is 14.3. The zero-order valence-corrected chi connectivity index (χ0v) is 15.2. The molecule has 0 bridgehead atoms. The molecule has 1 aromatic heterocycles. The molecule has 2 N–H and O–H groups in total. The van der Waals surface area contributed by atoms with Crippen molar-refractivity contribution in [3.8, 4) is 10.4 Å². The number of urea groups is 1. The minimum Gasteiger partial charge on any atom is -0.383 e. The number of anilines is 1. The van der Waals surface area contributed by atoms with Crippen molar-refractivity contribution in [2.45, 2.75) is 6.54 Å². The molecule has 5 nitrogen and oxygen atoms in total. The van der Waals surface area contributed by atoms with Crippen molar-refractivity contribution < 1.29 is 9.53 Å². The summed E-state index contributed by atoms with van der Waals surface area (Å²) < 4.78 is 6.21. The first kappa shape index (κ1) is 16.8. The highest BCUT2D eigenvalue weighted by atomic mass is 32.1. The molecular weight excluding hydrogens is 346 g/mol. The van der Waals surface area contributed by atoms with E-state index < -0.39 is 0 Å². The summed E-state index contributed by atoms with van der Waals surface area (Å²) in [4.78, 5) is 17.7. The summed E-state index contributed by atoms with van der Waals surface area (Å²) in [5, 5.41) is 6.92. The summed E-state index contributed by atoms with van der Waals surface area (Å²) in [5.41, 5.74) is 4.17. The number of amides is 2. The lowest BCUT2D eigenvalue weighted by Gasteiger charge is -2.12. The van der Waals surface area contributed by atoms with E-state index in [2.05, 4.69) is 46.0 Å². The standard InChI is InChI=1S/C20H19N3O2S/c1-25-7-6-22-20(24)23-15-8-14-11-21-12-17(14)16(10-15)19-9-13-4-2-3-5-18(13)26-19/h2-5,8-11H,6-7,12H2,1H3,(H2,22,23,24). The number of hydrogen-bond donors (Lipinski definition) is 2. The first-order valence-corrected chi connectivity index (χ1v) is 9.26. The lowest BCUT2D eigenvalue weighted by Crippen LogP contribution is -2.31. The number of rotatable bonds is 5. The van der Waals surface area contributed by atoms with Crippen LogP contribution in [-0.4, -0.2) is 32.5 Å². The van der Waals surface area contributed by atoms with Gasteiger partial charge in [0.1, 0.15) is 0 Å². The second-order valence-electron chi connectivity index (χ2n) is 6.08. The van der Waals surface area contributed by atoms with Crippen molar-refractivity contribution in [1.82, 2.24) is 5.32 Å². The normalized spacial score (nSPS) is 12.3. The van der Waals surface area contributed by atoms with Crippen molar-refractivity contribution >= 4 is 39.4 Å². The molecule has 2 aromatic carbocycles. The third-order valence-corrected chi connectivity index (χ3v) is 5.45. The summed E-state index contributed by atoms with van der Waals surface area (Å²) in [6.07, 6.45) is 1.88. The molecule has 0 unspecified atom stereocenters. The smallest absolute Gasteiger partial charge is 0.319 e. The minimum absolute atomic E-state index is 0.237. The maximum atomic E-state index is 12.1. The number of benzene rings is 2. The Balaban J connectivity index is 1.66. The zero-order chi connectivity index (χ0) is 17.9. The van der Waals surface area contributed by atoms with E-state index in [9.17, 15) is 4.79 Å². The van der Waals surface area contributed by atoms with Gasteiger partial charge >= 0.3 is 6.03 Å². The molecule has 4 rings (SSSR count). The number of carbonyl (C=O) groups is 1. The Morgan fingerprint density at radius 3 is 3.00 bits per heavy atom. The first-order chi connectivity index (χ1) is 12.7. The number of aliphatic imine (C=N–C) groups is 1. The van der Waals surface area contributed by atoms with Crippen LogP contribution in [-0.2, 0) is 11.3 Å². The van der Waals surface area contributed by atoms with E-state index in [1.165, 1.54) is 20.5 Å². The van der Waals surface area contributed by atoms with Gasteiger partial charge in [0.25, 0.3) is 0 Å². The van der Waals surface area contributed by atoms with E-state index in [-0.39, 0.29) is 6.03 Å². The number of ether oxygens (including phenoxy) is 1. The van der Waals surface area contributed by atoms with E-state index in [0.29, 0.717) is 19.7 Å². The van der Waals surface area contributed by atoms with E-state index >= 15 is 0 Å². The van der Waals surface area contributed by atoms with Crippen molar-refractivity contribution in [3.63, 3.8) is 0 Å². The molecule has 0 spiro atoms. The largest absolute Gasteiger partial charge is 0.383 e. The summed E-state index contributed by atoms with van der Waals surface area (Å²) in [5.74, 6) is 0. The number of nitrogens with one attached hydrogen (secondary N) is 2. The van der Waals surface area contributed by atoms with E-state index in [0.717, 1.165) is 16.8 Å². The average Bonchev–Trinajstić information content (AvgIpc) is 3.27. The van der Waals surface area contributed by atoms with E-state index in [4.69, 9.17) is 4.74 Å². The van der Waals surface area contributed by atoms with Gasteiger partial charge in [-0.05, 0) is 40.8 Å². The van der Waals surface area contributed by atoms with Crippen molar-refractivity contribution in [3.05, 3.63) is 53.6 Å². The number of nitrogens with zero attached hydrogens (tertiary/aromatic N) is 1. The van der Waals surface area contributed by atoms with Crippen molar-refractivity contribution in [2.75, 3.05) is 25.6 Å². The molecule has 26 heavy (non-hydrogen) atoms. The molecule has 132 valence electrons. The Kier molecular flexibility index (Phi) is 4.69.